The summed E-state index contributed by atoms with van der Waals surface area (Å²) in [5, 5.41) is 41.9. The van der Waals surface area contributed by atoms with E-state index in [9.17, 15) is 54.6 Å². The second kappa shape index (κ2) is 10.0. The summed E-state index contributed by atoms with van der Waals surface area (Å²) < 4.78 is 59.0. The maximum atomic E-state index is 13.5. The van der Waals surface area contributed by atoms with Crippen molar-refractivity contribution in [1.29, 1.82) is 0 Å². The lowest BCUT2D eigenvalue weighted by Gasteiger charge is -2.39. The van der Waals surface area contributed by atoms with Gasteiger partial charge in [0.15, 0.2) is 25.3 Å². The Balaban J connectivity index is 6.81. The molecular weight excluding hydrogens is 497 g/mol. The van der Waals surface area contributed by atoms with Gasteiger partial charge >= 0.3 is 11.8 Å². The molecular formula is C6H4F5N3O8S5. The number of nitro groups is 3. The van der Waals surface area contributed by atoms with Crippen molar-refractivity contribution in [2.24, 2.45) is 5.92 Å². The number of aliphatic carboxylic acids is 1. The van der Waals surface area contributed by atoms with Gasteiger partial charge in [-0.15, -0.1) is 0 Å². The molecule has 0 aromatic carbocycles. The van der Waals surface area contributed by atoms with E-state index in [-0.39, 0.29) is 0 Å². The molecule has 0 aliphatic rings. The minimum absolute atomic E-state index is 1.45. The maximum absolute atomic E-state index is 13.5. The van der Waals surface area contributed by atoms with Crippen LogP contribution in [0.15, 0.2) is 0 Å². The van der Waals surface area contributed by atoms with Gasteiger partial charge in [0.25, 0.3) is 0 Å². The molecule has 0 aliphatic carbocycles. The molecule has 0 saturated carbocycles. The normalized spacial score (nSPS) is 13.8. The monoisotopic (exact) mass is 501 g/mol. The summed E-state index contributed by atoms with van der Waals surface area (Å²) in [4.78, 5) is 37.7. The van der Waals surface area contributed by atoms with Crippen LogP contribution in [0.4, 0.5) is 19.4 Å². The predicted molar refractivity (Wildman–Crippen MR) is 88.4 cm³/mol. The van der Waals surface area contributed by atoms with Crippen molar-refractivity contribution >= 4 is 66.7 Å². The van der Waals surface area contributed by atoms with Crippen molar-refractivity contribution in [3.05, 3.63) is 30.3 Å². The van der Waals surface area contributed by atoms with Crippen molar-refractivity contribution in [3.8, 4) is 0 Å². The van der Waals surface area contributed by atoms with E-state index in [1.165, 1.54) is 0 Å². The first-order valence-electron chi connectivity index (χ1n) is 5.58. The molecule has 0 aromatic rings. The summed E-state index contributed by atoms with van der Waals surface area (Å²) in [5.41, 5.74) is 0. The third kappa shape index (κ3) is 4.24. The molecule has 0 fully saturated rings. The highest BCUT2D eigenvalue weighted by molar-refractivity contribution is 8.32. The van der Waals surface area contributed by atoms with Gasteiger partial charge in [-0.25, -0.2) is 0 Å². The molecule has 156 valence electrons. The number of nitrogens with zero attached hydrogens (tertiary/aromatic N) is 3. The maximum Gasteiger partial charge on any atom is 0.700 e. The lowest BCUT2D eigenvalue weighted by Crippen LogP contribution is -2.59. The fraction of sp³-hybridized carbons (Fsp3) is 0.833. The Morgan fingerprint density at radius 2 is 1.19 bits per heavy atom. The summed E-state index contributed by atoms with van der Waals surface area (Å²) in [6, 6.07) is 0. The van der Waals surface area contributed by atoms with E-state index >= 15 is 0 Å². The van der Waals surface area contributed by atoms with Crippen LogP contribution in [0.3, 0.4) is 0 Å². The van der Waals surface area contributed by atoms with Crippen LogP contribution in [-0.4, -0.2) is 39.1 Å². The Bertz CT molecular complexity index is 565. The highest BCUT2D eigenvalue weighted by atomic mass is 32.3. The van der Waals surface area contributed by atoms with E-state index in [2.05, 4.69) is 0 Å². The van der Waals surface area contributed by atoms with Crippen LogP contribution in [0.5, 0.6) is 0 Å². The van der Waals surface area contributed by atoms with Crippen LogP contribution in [-0.2, 0) is 4.79 Å². The Labute approximate surface area is 166 Å². The first kappa shape index (κ1) is 26.1. The summed E-state index contributed by atoms with van der Waals surface area (Å²) in [7, 11) is 0. The fourth-order valence-corrected chi connectivity index (χ4v) is 4.74. The molecule has 27 heavy (non-hydrogen) atoms. The first-order chi connectivity index (χ1) is 12.4. The average Bonchev–Trinajstić information content (AvgIpc) is 2.60. The van der Waals surface area contributed by atoms with E-state index in [1.54, 1.807) is 0 Å². The van der Waals surface area contributed by atoms with Crippen LogP contribution in [0.1, 0.15) is 6.42 Å². The molecule has 1 N–H and O–H groups in total. The largest absolute Gasteiger partial charge is 0.700 e. The number of rotatable bonds is 13. The van der Waals surface area contributed by atoms with Gasteiger partial charge in [-0.2, -0.15) is 19.4 Å². The molecule has 0 heterocycles. The Hall–Kier alpha value is -0.930. The summed E-state index contributed by atoms with van der Waals surface area (Å²) in [6.07, 6.45) is -2.37. The number of halogens is 5. The van der Waals surface area contributed by atoms with Gasteiger partial charge in [-0.3, -0.25) is 35.1 Å². The predicted octanol–water partition coefficient (Wildman–Crippen LogP) is 4.00. The van der Waals surface area contributed by atoms with Gasteiger partial charge < -0.3 is 5.11 Å². The zero-order chi connectivity index (χ0) is 21.6. The number of hydrogen-bond acceptors (Lipinski definition) is 12. The third-order valence-electron chi connectivity index (χ3n) is 3.07. The molecule has 21 heteroatoms. The summed E-state index contributed by atoms with van der Waals surface area (Å²) in [6.45, 7) is 0. The van der Waals surface area contributed by atoms with Crippen LogP contribution in [0.25, 0.3) is 0 Å². The lowest BCUT2D eigenvalue weighted by atomic mass is 9.96. The van der Waals surface area contributed by atoms with Gasteiger partial charge in [-0.05, 0) is 0 Å². The van der Waals surface area contributed by atoms with Crippen LogP contribution in [0, 0.1) is 36.3 Å². The zero-order valence-corrected chi connectivity index (χ0v) is 15.9. The molecule has 0 saturated heterocycles. The van der Waals surface area contributed by atoms with E-state index in [1.807, 2.05) is 0 Å². The second-order valence-electron chi connectivity index (χ2n) is 4.25. The minimum Gasteiger partial charge on any atom is -0.481 e. The number of hydrogen-bond donors (Lipinski definition) is 1. The summed E-state index contributed by atoms with van der Waals surface area (Å²) >= 11 is -7.41. The smallest absolute Gasteiger partial charge is 0.481 e. The van der Waals surface area contributed by atoms with Crippen molar-refractivity contribution in [1.82, 2.24) is 0 Å². The van der Waals surface area contributed by atoms with Crippen LogP contribution >= 0.6 is 60.7 Å². The van der Waals surface area contributed by atoms with Gasteiger partial charge in [0, 0.05) is 0 Å². The molecule has 0 spiro atoms. The average molecular weight is 501 g/mol. The van der Waals surface area contributed by atoms with Gasteiger partial charge in [0.05, 0.1) is 60.7 Å². The van der Waals surface area contributed by atoms with Crippen LogP contribution in [0.2, 0.25) is 0 Å². The number of carboxylic acid groups (broad SMARTS) is 1. The van der Waals surface area contributed by atoms with Gasteiger partial charge in [0.1, 0.15) is 5.92 Å². The first-order valence-corrected chi connectivity index (χ1v) is 9.16. The topological polar surface area (TPSA) is 167 Å². The zero-order valence-electron chi connectivity index (χ0n) is 11.9. The molecule has 0 aromatic heterocycles. The van der Waals surface area contributed by atoms with E-state index in [0.717, 1.165) is 0 Å². The molecule has 0 radical (unpaired) electrons. The SMILES string of the molecule is O=C(O)C(CC([N+](=O)[O-])([N+](=O)[O-])[N+](=O)[O-])C(SF)(SF)C(SF)(SF)SF. The third-order valence-corrected chi connectivity index (χ3v) is 8.58. The van der Waals surface area contributed by atoms with Gasteiger partial charge in [-0.1, -0.05) is 0 Å². The minimum atomic E-state index is -4.55. The highest BCUT2D eigenvalue weighted by Gasteiger charge is 2.77. The molecule has 0 rings (SSSR count). The number of carboxylic acids is 1. The Kier molecular flexibility index (Phi) is 9.68. The van der Waals surface area contributed by atoms with E-state index < -0.39 is 107 Å². The molecule has 1 atom stereocenters. The van der Waals surface area contributed by atoms with Crippen molar-refractivity contribution in [2.45, 2.75) is 19.7 Å². The van der Waals surface area contributed by atoms with Crippen molar-refractivity contribution in [3.63, 3.8) is 0 Å². The Morgan fingerprint density at radius 3 is 1.37 bits per heavy atom. The van der Waals surface area contributed by atoms with Crippen molar-refractivity contribution in [2.75, 3.05) is 0 Å². The van der Waals surface area contributed by atoms with E-state index in [0.29, 0.717) is 0 Å². The quantitative estimate of drug-likeness (QED) is 0.167. The second-order valence-corrected chi connectivity index (χ2v) is 9.18. The summed E-state index contributed by atoms with van der Waals surface area (Å²) in [5.74, 6) is -10.3. The van der Waals surface area contributed by atoms with Crippen molar-refractivity contribution < 1.29 is 44.1 Å². The molecule has 0 aliphatic heterocycles. The Morgan fingerprint density at radius 1 is 0.852 bits per heavy atom. The van der Waals surface area contributed by atoms with E-state index in [4.69, 9.17) is 5.11 Å². The number of carbonyl (C=O) groups is 1. The van der Waals surface area contributed by atoms with Crippen LogP contribution < -0.4 is 0 Å². The molecule has 1 unspecified atom stereocenters. The highest BCUT2D eigenvalue weighted by Crippen LogP contribution is 2.68. The van der Waals surface area contributed by atoms with Gasteiger partial charge in [0.2, 0.25) is 3.41 Å². The molecule has 0 bridgehead atoms. The lowest BCUT2D eigenvalue weighted by molar-refractivity contribution is -0.971. The standard InChI is InChI=1S/C6H4F5N3O8S5/c7-23-5(24-8,6(25-9,26-10)27-11)2(3(15)16)1-4(12(17)18,13(19)20)14(21)22/h2H,1H2,(H,15,16). The molecule has 0 amide bonds. The molecule has 11 nitrogen and oxygen atoms in total. The fourth-order valence-electron chi connectivity index (χ4n) is 1.71.